The van der Waals surface area contributed by atoms with E-state index in [-0.39, 0.29) is 17.2 Å². The van der Waals surface area contributed by atoms with Crippen molar-refractivity contribution < 1.29 is 14.5 Å². The Balaban J connectivity index is 2.03. The molecule has 0 heterocycles. The maximum atomic E-state index is 12.6. The number of aryl methyl sites for hydroxylation is 1. The fourth-order valence-electron chi connectivity index (χ4n) is 2.53. The van der Waals surface area contributed by atoms with Gasteiger partial charge in [-0.1, -0.05) is 35.9 Å². The SMILES string of the molecule is CSCC[C@@H](NC(=O)c1cccc([N+](=O)[O-])c1)C(=O)NCc1ccc(C)cc1. The molecule has 8 heteroatoms. The summed E-state index contributed by atoms with van der Waals surface area (Å²) < 4.78 is 0. The van der Waals surface area contributed by atoms with Gasteiger partial charge >= 0.3 is 0 Å². The first-order valence-corrected chi connectivity index (χ1v) is 10.2. The summed E-state index contributed by atoms with van der Waals surface area (Å²) in [6.45, 7) is 2.35. The van der Waals surface area contributed by atoms with Gasteiger partial charge in [-0.25, -0.2) is 0 Å². The molecule has 148 valence electrons. The number of nitro groups is 1. The summed E-state index contributed by atoms with van der Waals surface area (Å²) in [5.74, 6) is -0.105. The third-order valence-electron chi connectivity index (χ3n) is 4.14. The molecule has 2 aromatic carbocycles. The molecule has 0 aliphatic carbocycles. The number of non-ortho nitro benzene ring substituents is 1. The first-order valence-electron chi connectivity index (χ1n) is 8.78. The number of hydrogen-bond acceptors (Lipinski definition) is 5. The monoisotopic (exact) mass is 401 g/mol. The molecule has 0 fully saturated rings. The number of benzene rings is 2. The van der Waals surface area contributed by atoms with Crippen LogP contribution < -0.4 is 10.6 Å². The molecule has 2 aromatic rings. The van der Waals surface area contributed by atoms with Gasteiger partial charge in [0.15, 0.2) is 0 Å². The minimum absolute atomic E-state index is 0.148. The Hall–Kier alpha value is -2.87. The van der Waals surface area contributed by atoms with Crippen molar-refractivity contribution in [3.63, 3.8) is 0 Å². The average Bonchev–Trinajstić information content (AvgIpc) is 2.70. The maximum Gasteiger partial charge on any atom is 0.270 e. The Morgan fingerprint density at radius 3 is 2.54 bits per heavy atom. The highest BCUT2D eigenvalue weighted by Gasteiger charge is 2.22. The molecule has 0 aliphatic rings. The lowest BCUT2D eigenvalue weighted by Gasteiger charge is -2.18. The lowest BCUT2D eigenvalue weighted by molar-refractivity contribution is -0.384. The summed E-state index contributed by atoms with van der Waals surface area (Å²) in [7, 11) is 0. The first-order chi connectivity index (χ1) is 13.4. The lowest BCUT2D eigenvalue weighted by Crippen LogP contribution is -2.46. The molecule has 0 saturated heterocycles. The van der Waals surface area contributed by atoms with Gasteiger partial charge in [0.2, 0.25) is 5.91 Å². The topological polar surface area (TPSA) is 101 Å². The summed E-state index contributed by atoms with van der Waals surface area (Å²) in [5.41, 5.74) is 2.08. The second-order valence-electron chi connectivity index (χ2n) is 6.32. The summed E-state index contributed by atoms with van der Waals surface area (Å²) >= 11 is 1.57. The number of carbonyl (C=O) groups excluding carboxylic acids is 2. The van der Waals surface area contributed by atoms with Gasteiger partial charge in [0, 0.05) is 24.2 Å². The van der Waals surface area contributed by atoms with Crippen LogP contribution in [-0.2, 0) is 11.3 Å². The number of hydrogen-bond donors (Lipinski definition) is 2. The van der Waals surface area contributed by atoms with E-state index in [9.17, 15) is 19.7 Å². The molecule has 0 saturated carbocycles. The van der Waals surface area contributed by atoms with Gasteiger partial charge in [0.05, 0.1) is 4.92 Å². The molecule has 28 heavy (non-hydrogen) atoms. The number of rotatable bonds is 9. The van der Waals surface area contributed by atoms with E-state index in [1.165, 1.54) is 24.3 Å². The number of amides is 2. The molecule has 2 amide bonds. The van der Waals surface area contributed by atoms with Crippen molar-refractivity contribution in [1.29, 1.82) is 0 Å². The van der Waals surface area contributed by atoms with Crippen LogP contribution >= 0.6 is 11.8 Å². The Kier molecular flexibility index (Phi) is 8.01. The predicted octanol–water partition coefficient (Wildman–Crippen LogP) is 3.07. The van der Waals surface area contributed by atoms with Crippen molar-refractivity contribution in [2.24, 2.45) is 0 Å². The zero-order chi connectivity index (χ0) is 20.5. The van der Waals surface area contributed by atoms with E-state index < -0.39 is 16.9 Å². The highest BCUT2D eigenvalue weighted by Crippen LogP contribution is 2.13. The van der Waals surface area contributed by atoms with E-state index in [2.05, 4.69) is 10.6 Å². The van der Waals surface area contributed by atoms with Crippen molar-refractivity contribution >= 4 is 29.3 Å². The molecule has 0 bridgehead atoms. The van der Waals surface area contributed by atoms with Crippen LogP contribution in [0.1, 0.15) is 27.9 Å². The third-order valence-corrected chi connectivity index (χ3v) is 4.78. The fourth-order valence-corrected chi connectivity index (χ4v) is 3.00. The minimum Gasteiger partial charge on any atom is -0.350 e. The van der Waals surface area contributed by atoms with Crippen molar-refractivity contribution in [3.05, 3.63) is 75.3 Å². The van der Waals surface area contributed by atoms with Crippen LogP contribution in [-0.4, -0.2) is 34.8 Å². The van der Waals surface area contributed by atoms with Crippen molar-refractivity contribution in [2.45, 2.75) is 25.9 Å². The molecule has 2 rings (SSSR count). The molecule has 0 spiro atoms. The van der Waals surface area contributed by atoms with E-state index in [1.54, 1.807) is 11.8 Å². The second kappa shape index (κ2) is 10.5. The van der Waals surface area contributed by atoms with E-state index in [4.69, 9.17) is 0 Å². The predicted molar refractivity (Wildman–Crippen MR) is 110 cm³/mol. The van der Waals surface area contributed by atoms with Gasteiger partial charge in [-0.2, -0.15) is 11.8 Å². The van der Waals surface area contributed by atoms with Crippen LogP contribution in [0.25, 0.3) is 0 Å². The minimum atomic E-state index is -0.718. The van der Waals surface area contributed by atoms with Gasteiger partial charge < -0.3 is 10.6 Å². The van der Waals surface area contributed by atoms with Crippen LogP contribution in [0, 0.1) is 17.0 Å². The molecule has 1 atom stereocenters. The number of thioether (sulfide) groups is 1. The molecule has 0 unspecified atom stereocenters. The quantitative estimate of drug-likeness (QED) is 0.497. The molecular formula is C20H23N3O4S. The normalized spacial score (nSPS) is 11.5. The van der Waals surface area contributed by atoms with Crippen molar-refractivity contribution in [2.75, 3.05) is 12.0 Å². The Bertz CT molecular complexity index is 840. The number of nitrogens with one attached hydrogen (secondary N) is 2. The van der Waals surface area contributed by atoms with Gasteiger partial charge in [0.1, 0.15) is 6.04 Å². The largest absolute Gasteiger partial charge is 0.350 e. The summed E-state index contributed by atoms with van der Waals surface area (Å²) in [5, 5.41) is 16.4. The van der Waals surface area contributed by atoms with Crippen molar-refractivity contribution in [1.82, 2.24) is 10.6 Å². The highest BCUT2D eigenvalue weighted by molar-refractivity contribution is 7.98. The zero-order valence-corrected chi connectivity index (χ0v) is 16.6. The van der Waals surface area contributed by atoms with Gasteiger partial charge in [-0.3, -0.25) is 19.7 Å². The molecule has 7 nitrogen and oxygen atoms in total. The average molecular weight is 401 g/mol. The van der Waals surface area contributed by atoms with Crippen LogP contribution in [0.5, 0.6) is 0 Å². The molecule has 2 N–H and O–H groups in total. The van der Waals surface area contributed by atoms with Crippen molar-refractivity contribution in [3.8, 4) is 0 Å². The first kappa shape index (κ1) is 21.4. The van der Waals surface area contributed by atoms with Gasteiger partial charge in [0.25, 0.3) is 11.6 Å². The third kappa shape index (κ3) is 6.38. The van der Waals surface area contributed by atoms with Crippen LogP contribution in [0.3, 0.4) is 0 Å². The Morgan fingerprint density at radius 2 is 1.89 bits per heavy atom. The van der Waals surface area contributed by atoms with Gasteiger partial charge in [-0.15, -0.1) is 0 Å². The Morgan fingerprint density at radius 1 is 1.18 bits per heavy atom. The summed E-state index contributed by atoms with van der Waals surface area (Å²) in [4.78, 5) is 35.4. The van der Waals surface area contributed by atoms with E-state index in [1.807, 2.05) is 37.4 Å². The summed E-state index contributed by atoms with van der Waals surface area (Å²) in [6, 6.07) is 12.5. The number of nitrogens with zero attached hydrogens (tertiary/aromatic N) is 1. The number of nitro benzene ring substituents is 1. The standard InChI is InChI=1S/C20H23N3O4S/c1-14-6-8-15(9-7-14)13-21-20(25)18(10-11-28-2)22-19(24)16-4-3-5-17(12-16)23(26)27/h3-9,12,18H,10-11,13H2,1-2H3,(H,21,25)(H,22,24)/t18-/m1/s1. The van der Waals surface area contributed by atoms with Crippen LogP contribution in [0.15, 0.2) is 48.5 Å². The van der Waals surface area contributed by atoms with Crippen LogP contribution in [0.4, 0.5) is 5.69 Å². The van der Waals surface area contributed by atoms with E-state index >= 15 is 0 Å². The smallest absolute Gasteiger partial charge is 0.270 e. The molecule has 0 aliphatic heterocycles. The fraction of sp³-hybridized carbons (Fsp3) is 0.300. The Labute approximate surface area is 168 Å². The maximum absolute atomic E-state index is 12.6. The molecular weight excluding hydrogens is 378 g/mol. The van der Waals surface area contributed by atoms with Crippen LogP contribution in [0.2, 0.25) is 0 Å². The summed E-state index contributed by atoms with van der Waals surface area (Å²) in [6.07, 6.45) is 2.38. The van der Waals surface area contributed by atoms with E-state index in [0.29, 0.717) is 18.7 Å². The highest BCUT2D eigenvalue weighted by atomic mass is 32.2. The zero-order valence-electron chi connectivity index (χ0n) is 15.8. The second-order valence-corrected chi connectivity index (χ2v) is 7.30. The molecule has 0 aromatic heterocycles. The van der Waals surface area contributed by atoms with E-state index in [0.717, 1.165) is 11.1 Å². The number of carbonyl (C=O) groups is 2. The van der Waals surface area contributed by atoms with Gasteiger partial charge in [-0.05, 0) is 37.0 Å². The molecule has 0 radical (unpaired) electrons. The lowest BCUT2D eigenvalue weighted by atomic mass is 10.1.